The van der Waals surface area contributed by atoms with E-state index in [1.54, 1.807) is 6.20 Å². The number of amides is 1. The van der Waals surface area contributed by atoms with Gasteiger partial charge in [0.25, 0.3) is 0 Å². The highest BCUT2D eigenvalue weighted by molar-refractivity contribution is 5.98. The molecular formula is C18H17N3O. The van der Waals surface area contributed by atoms with Crippen LogP contribution in [0.5, 0.6) is 0 Å². The minimum absolute atomic E-state index is 0.138. The molecule has 0 spiro atoms. The molecule has 0 radical (unpaired) electrons. The molecule has 3 heterocycles. The molecule has 0 unspecified atom stereocenters. The van der Waals surface area contributed by atoms with Crippen LogP contribution in [-0.2, 0) is 17.6 Å². The van der Waals surface area contributed by atoms with Gasteiger partial charge < -0.3 is 9.88 Å². The number of nitrogens with zero attached hydrogens (tertiary/aromatic N) is 2. The van der Waals surface area contributed by atoms with E-state index in [-0.39, 0.29) is 5.91 Å². The molecule has 2 aromatic heterocycles. The number of aromatic amines is 1. The van der Waals surface area contributed by atoms with Gasteiger partial charge in [0.1, 0.15) is 0 Å². The molecule has 4 nitrogen and oxygen atoms in total. The number of fused-ring (bicyclic) bond motifs is 2. The van der Waals surface area contributed by atoms with Crippen molar-refractivity contribution >= 4 is 22.5 Å². The number of nitrogens with one attached hydrogen (secondary N) is 1. The predicted octanol–water partition coefficient (Wildman–Crippen LogP) is 3.08. The third kappa shape index (κ3) is 2.17. The lowest BCUT2D eigenvalue weighted by atomic mass is 10.1. The zero-order valence-electron chi connectivity index (χ0n) is 12.2. The number of anilines is 1. The number of hydrogen-bond donors (Lipinski definition) is 1. The maximum atomic E-state index is 12.8. The van der Waals surface area contributed by atoms with Crippen molar-refractivity contribution in [1.29, 1.82) is 0 Å². The number of para-hydroxylation sites is 1. The number of benzene rings is 1. The van der Waals surface area contributed by atoms with E-state index >= 15 is 0 Å². The standard InChI is InChI=1S/C18H17N3O/c22-18(11-13-12-20-15-6-2-1-5-14(13)15)21-10-4-7-16-17(21)8-3-9-19-16/h1-3,5-6,8-9,12,20H,4,7,10-11H2. The van der Waals surface area contributed by atoms with E-state index in [4.69, 9.17) is 0 Å². The third-order valence-corrected chi connectivity index (χ3v) is 4.27. The number of aryl methyl sites for hydroxylation is 1. The van der Waals surface area contributed by atoms with Crippen molar-refractivity contribution in [2.24, 2.45) is 0 Å². The molecule has 0 bridgehead atoms. The van der Waals surface area contributed by atoms with Crippen LogP contribution in [0.3, 0.4) is 0 Å². The number of H-pyrrole nitrogens is 1. The average molecular weight is 291 g/mol. The zero-order valence-corrected chi connectivity index (χ0v) is 12.2. The van der Waals surface area contributed by atoms with Crippen LogP contribution < -0.4 is 4.90 Å². The van der Waals surface area contributed by atoms with Gasteiger partial charge in [-0.15, -0.1) is 0 Å². The van der Waals surface area contributed by atoms with E-state index in [2.05, 4.69) is 16.0 Å². The molecule has 4 heteroatoms. The molecule has 0 fully saturated rings. The lowest BCUT2D eigenvalue weighted by Gasteiger charge is -2.28. The summed E-state index contributed by atoms with van der Waals surface area (Å²) in [5.74, 6) is 0.138. The van der Waals surface area contributed by atoms with Crippen LogP contribution in [0.2, 0.25) is 0 Å². The lowest BCUT2D eigenvalue weighted by molar-refractivity contribution is -0.118. The SMILES string of the molecule is O=C(Cc1c[nH]c2ccccc12)N1CCCc2ncccc21. The Kier molecular flexibility index (Phi) is 3.15. The van der Waals surface area contributed by atoms with E-state index < -0.39 is 0 Å². The Bertz CT molecular complexity index is 837. The Morgan fingerprint density at radius 3 is 3.09 bits per heavy atom. The lowest BCUT2D eigenvalue weighted by Crippen LogP contribution is -2.36. The maximum absolute atomic E-state index is 12.8. The Balaban J connectivity index is 1.63. The molecule has 110 valence electrons. The Labute approximate surface area is 128 Å². The second-order valence-electron chi connectivity index (χ2n) is 5.65. The Morgan fingerprint density at radius 2 is 2.14 bits per heavy atom. The number of rotatable bonds is 2. The van der Waals surface area contributed by atoms with Gasteiger partial charge in [0.2, 0.25) is 5.91 Å². The van der Waals surface area contributed by atoms with Crippen molar-refractivity contribution < 1.29 is 4.79 Å². The topological polar surface area (TPSA) is 49.0 Å². The molecule has 22 heavy (non-hydrogen) atoms. The van der Waals surface area contributed by atoms with E-state index in [1.165, 1.54) is 0 Å². The third-order valence-electron chi connectivity index (χ3n) is 4.27. The van der Waals surface area contributed by atoms with Gasteiger partial charge in [0, 0.05) is 29.8 Å². The molecule has 3 aromatic rings. The Morgan fingerprint density at radius 1 is 1.23 bits per heavy atom. The van der Waals surface area contributed by atoms with E-state index in [9.17, 15) is 4.79 Å². The summed E-state index contributed by atoms with van der Waals surface area (Å²) in [6.45, 7) is 0.778. The van der Waals surface area contributed by atoms with Gasteiger partial charge in [0.05, 0.1) is 17.8 Å². The summed E-state index contributed by atoms with van der Waals surface area (Å²) in [6.07, 6.45) is 6.08. The molecule has 1 aromatic carbocycles. The van der Waals surface area contributed by atoms with E-state index in [0.29, 0.717) is 6.42 Å². The van der Waals surface area contributed by atoms with Gasteiger partial charge in [-0.3, -0.25) is 9.78 Å². The summed E-state index contributed by atoms with van der Waals surface area (Å²) in [4.78, 5) is 22.3. The summed E-state index contributed by atoms with van der Waals surface area (Å²) in [7, 11) is 0. The average Bonchev–Trinajstić information content (AvgIpc) is 2.97. The largest absolute Gasteiger partial charge is 0.361 e. The first-order valence-corrected chi connectivity index (χ1v) is 7.62. The van der Waals surface area contributed by atoms with Crippen molar-refractivity contribution in [3.05, 3.63) is 60.0 Å². The fourth-order valence-corrected chi connectivity index (χ4v) is 3.19. The summed E-state index contributed by atoms with van der Waals surface area (Å²) in [5.41, 5.74) is 4.13. The van der Waals surface area contributed by atoms with Crippen LogP contribution in [0.4, 0.5) is 5.69 Å². The molecule has 1 amide bonds. The van der Waals surface area contributed by atoms with Crippen LogP contribution >= 0.6 is 0 Å². The first kappa shape index (κ1) is 13.1. The summed E-state index contributed by atoms with van der Waals surface area (Å²) in [5, 5.41) is 1.12. The highest BCUT2D eigenvalue weighted by atomic mass is 16.2. The fourth-order valence-electron chi connectivity index (χ4n) is 3.19. The second kappa shape index (κ2) is 5.30. The number of pyridine rings is 1. The molecular weight excluding hydrogens is 274 g/mol. The monoisotopic (exact) mass is 291 g/mol. The van der Waals surface area contributed by atoms with Crippen molar-refractivity contribution in [3.8, 4) is 0 Å². The first-order chi connectivity index (χ1) is 10.8. The van der Waals surface area contributed by atoms with Crippen LogP contribution in [0.15, 0.2) is 48.8 Å². The Hall–Kier alpha value is -2.62. The summed E-state index contributed by atoms with van der Waals surface area (Å²) >= 11 is 0. The van der Waals surface area contributed by atoms with Gasteiger partial charge in [-0.25, -0.2) is 0 Å². The van der Waals surface area contributed by atoms with E-state index in [1.807, 2.05) is 41.4 Å². The minimum atomic E-state index is 0.138. The van der Waals surface area contributed by atoms with Crippen molar-refractivity contribution in [3.63, 3.8) is 0 Å². The maximum Gasteiger partial charge on any atom is 0.231 e. The minimum Gasteiger partial charge on any atom is -0.361 e. The smallest absolute Gasteiger partial charge is 0.231 e. The molecule has 0 saturated heterocycles. The van der Waals surface area contributed by atoms with Gasteiger partial charge in [-0.2, -0.15) is 0 Å². The van der Waals surface area contributed by atoms with Crippen LogP contribution in [0.1, 0.15) is 17.7 Å². The van der Waals surface area contributed by atoms with Crippen molar-refractivity contribution in [2.45, 2.75) is 19.3 Å². The molecule has 0 saturated carbocycles. The molecule has 0 atom stereocenters. The molecule has 0 aliphatic carbocycles. The predicted molar refractivity (Wildman–Crippen MR) is 86.9 cm³/mol. The number of hydrogen-bond acceptors (Lipinski definition) is 2. The van der Waals surface area contributed by atoms with E-state index in [0.717, 1.165) is 47.2 Å². The zero-order chi connectivity index (χ0) is 14.9. The highest BCUT2D eigenvalue weighted by Gasteiger charge is 2.23. The molecule has 4 rings (SSSR count). The second-order valence-corrected chi connectivity index (χ2v) is 5.65. The van der Waals surface area contributed by atoms with Gasteiger partial charge >= 0.3 is 0 Å². The number of carbonyl (C=O) groups excluding carboxylic acids is 1. The van der Waals surface area contributed by atoms with Crippen molar-refractivity contribution in [2.75, 3.05) is 11.4 Å². The number of carbonyl (C=O) groups is 1. The van der Waals surface area contributed by atoms with Crippen LogP contribution in [0, 0.1) is 0 Å². The molecule has 1 aliphatic rings. The normalized spacial score (nSPS) is 14.1. The summed E-state index contributed by atoms with van der Waals surface area (Å²) < 4.78 is 0. The first-order valence-electron chi connectivity index (χ1n) is 7.62. The van der Waals surface area contributed by atoms with Crippen molar-refractivity contribution in [1.82, 2.24) is 9.97 Å². The van der Waals surface area contributed by atoms with Crippen LogP contribution in [-0.4, -0.2) is 22.4 Å². The quantitative estimate of drug-likeness (QED) is 0.788. The molecule has 1 N–H and O–H groups in total. The fraction of sp³-hybridized carbons (Fsp3) is 0.222. The summed E-state index contributed by atoms with van der Waals surface area (Å²) in [6, 6.07) is 12.0. The van der Waals surface area contributed by atoms with Gasteiger partial charge in [-0.1, -0.05) is 18.2 Å². The van der Waals surface area contributed by atoms with Gasteiger partial charge in [0.15, 0.2) is 0 Å². The van der Waals surface area contributed by atoms with Crippen LogP contribution in [0.25, 0.3) is 10.9 Å². The number of aromatic nitrogens is 2. The highest BCUT2D eigenvalue weighted by Crippen LogP contribution is 2.26. The molecule has 1 aliphatic heterocycles. The van der Waals surface area contributed by atoms with Gasteiger partial charge in [-0.05, 0) is 36.6 Å².